The highest BCUT2D eigenvalue weighted by molar-refractivity contribution is 5.80. The number of piperidine rings is 1. The van der Waals surface area contributed by atoms with E-state index in [1.807, 2.05) is 9.80 Å². The number of primary amides is 1. The zero-order valence-electron chi connectivity index (χ0n) is 11.5. The highest BCUT2D eigenvalue weighted by Crippen LogP contribution is 2.16. The van der Waals surface area contributed by atoms with Crippen LogP contribution in [0.4, 0.5) is 0 Å². The summed E-state index contributed by atoms with van der Waals surface area (Å²) in [5.41, 5.74) is 5.24. The van der Waals surface area contributed by atoms with Crippen molar-refractivity contribution in [3.8, 4) is 0 Å². The average Bonchev–Trinajstić information content (AvgIpc) is 2.39. The number of amides is 2. The van der Waals surface area contributed by atoms with Crippen molar-refractivity contribution < 1.29 is 14.3 Å². The number of nitrogens with two attached hydrogens (primary N) is 1. The van der Waals surface area contributed by atoms with E-state index < -0.39 is 12.0 Å². The van der Waals surface area contributed by atoms with Gasteiger partial charge in [0.2, 0.25) is 11.8 Å². The Morgan fingerprint density at radius 1 is 1.32 bits per heavy atom. The quantitative estimate of drug-likeness (QED) is 0.744. The van der Waals surface area contributed by atoms with Crippen molar-refractivity contribution in [1.29, 1.82) is 0 Å². The van der Waals surface area contributed by atoms with Gasteiger partial charge in [0, 0.05) is 26.2 Å². The number of carbonyl (C=O) groups excluding carboxylic acids is 2. The van der Waals surface area contributed by atoms with E-state index in [1.165, 1.54) is 6.42 Å². The van der Waals surface area contributed by atoms with E-state index in [1.54, 1.807) is 0 Å². The summed E-state index contributed by atoms with van der Waals surface area (Å²) in [6.07, 6.45) is 1.70. The van der Waals surface area contributed by atoms with Gasteiger partial charge < -0.3 is 15.4 Å². The highest BCUT2D eigenvalue weighted by Gasteiger charge is 2.28. The van der Waals surface area contributed by atoms with E-state index in [-0.39, 0.29) is 5.91 Å². The van der Waals surface area contributed by atoms with Gasteiger partial charge in [0.25, 0.3) is 0 Å². The van der Waals surface area contributed by atoms with E-state index in [4.69, 9.17) is 10.5 Å². The molecule has 2 rings (SSSR count). The Kier molecular flexibility index (Phi) is 4.76. The van der Waals surface area contributed by atoms with Gasteiger partial charge in [-0.25, -0.2) is 0 Å². The van der Waals surface area contributed by atoms with Crippen LogP contribution in [-0.4, -0.2) is 67.0 Å². The number of hydrogen-bond acceptors (Lipinski definition) is 4. The highest BCUT2D eigenvalue weighted by atomic mass is 16.5. The average molecular weight is 269 g/mol. The topological polar surface area (TPSA) is 75.9 Å². The first-order chi connectivity index (χ1) is 9.06. The molecule has 0 spiro atoms. The third-order valence-electron chi connectivity index (χ3n) is 3.84. The fourth-order valence-corrected chi connectivity index (χ4v) is 2.73. The lowest BCUT2D eigenvalue weighted by molar-refractivity contribution is -0.141. The number of hydrogen-bond donors (Lipinski definition) is 1. The second-order valence-corrected chi connectivity index (χ2v) is 5.58. The van der Waals surface area contributed by atoms with Gasteiger partial charge in [-0.3, -0.25) is 14.5 Å². The van der Waals surface area contributed by atoms with Crippen LogP contribution in [0.2, 0.25) is 0 Å². The summed E-state index contributed by atoms with van der Waals surface area (Å²) in [6, 6.07) is 0. The van der Waals surface area contributed by atoms with Crippen LogP contribution < -0.4 is 5.73 Å². The molecule has 108 valence electrons. The van der Waals surface area contributed by atoms with Crippen molar-refractivity contribution >= 4 is 11.8 Å². The van der Waals surface area contributed by atoms with Crippen LogP contribution in [-0.2, 0) is 14.3 Å². The lowest BCUT2D eigenvalue weighted by Crippen LogP contribution is -2.52. The van der Waals surface area contributed by atoms with Crippen LogP contribution >= 0.6 is 0 Å². The molecule has 0 aromatic carbocycles. The van der Waals surface area contributed by atoms with Crippen LogP contribution in [0.1, 0.15) is 19.8 Å². The van der Waals surface area contributed by atoms with Crippen molar-refractivity contribution in [2.75, 3.05) is 39.3 Å². The molecule has 0 saturated carbocycles. The lowest BCUT2D eigenvalue weighted by Gasteiger charge is -2.35. The van der Waals surface area contributed by atoms with Crippen molar-refractivity contribution in [3.05, 3.63) is 0 Å². The van der Waals surface area contributed by atoms with E-state index in [2.05, 4.69) is 6.92 Å². The number of rotatable bonds is 3. The number of ether oxygens (including phenoxy) is 1. The van der Waals surface area contributed by atoms with Crippen molar-refractivity contribution in [2.45, 2.75) is 25.9 Å². The molecule has 6 nitrogen and oxygen atoms in total. The molecule has 2 saturated heterocycles. The number of likely N-dealkylation sites (tertiary alicyclic amines) is 1. The molecule has 2 N–H and O–H groups in total. The van der Waals surface area contributed by atoms with Crippen LogP contribution in [0.15, 0.2) is 0 Å². The summed E-state index contributed by atoms with van der Waals surface area (Å²) in [4.78, 5) is 27.2. The molecule has 2 atom stereocenters. The first-order valence-electron chi connectivity index (χ1n) is 6.97. The molecule has 6 heteroatoms. The van der Waals surface area contributed by atoms with Gasteiger partial charge in [0.1, 0.15) is 6.10 Å². The van der Waals surface area contributed by atoms with Gasteiger partial charge in [-0.1, -0.05) is 6.92 Å². The molecule has 0 radical (unpaired) electrons. The van der Waals surface area contributed by atoms with Crippen LogP contribution in [0.25, 0.3) is 0 Å². The summed E-state index contributed by atoms with van der Waals surface area (Å²) in [7, 11) is 0. The van der Waals surface area contributed by atoms with Crippen molar-refractivity contribution in [3.63, 3.8) is 0 Å². The molecule has 2 aliphatic rings. The van der Waals surface area contributed by atoms with Gasteiger partial charge in [-0.15, -0.1) is 0 Å². The van der Waals surface area contributed by atoms with E-state index >= 15 is 0 Å². The largest absolute Gasteiger partial charge is 0.367 e. The molecule has 19 heavy (non-hydrogen) atoms. The smallest absolute Gasteiger partial charge is 0.247 e. The zero-order valence-corrected chi connectivity index (χ0v) is 11.5. The summed E-state index contributed by atoms with van der Waals surface area (Å²) in [5, 5.41) is 0. The summed E-state index contributed by atoms with van der Waals surface area (Å²) in [6.45, 7) is 5.80. The molecule has 0 aromatic rings. The van der Waals surface area contributed by atoms with Crippen LogP contribution in [0.5, 0.6) is 0 Å². The lowest BCUT2D eigenvalue weighted by atomic mass is 10.0. The normalized spacial score (nSPS) is 29.2. The molecule has 2 fully saturated rings. The Bertz CT molecular complexity index is 348. The van der Waals surface area contributed by atoms with Crippen LogP contribution in [0, 0.1) is 5.92 Å². The Hall–Kier alpha value is -1.14. The monoisotopic (exact) mass is 269 g/mol. The minimum atomic E-state index is -0.582. The minimum Gasteiger partial charge on any atom is -0.367 e. The summed E-state index contributed by atoms with van der Waals surface area (Å²) in [5.74, 6) is 0.279. The Morgan fingerprint density at radius 3 is 2.79 bits per heavy atom. The molecule has 2 amide bonds. The van der Waals surface area contributed by atoms with Gasteiger partial charge in [0.05, 0.1) is 13.2 Å². The number of morpholine rings is 1. The molecule has 0 aliphatic carbocycles. The van der Waals surface area contributed by atoms with Gasteiger partial charge in [-0.2, -0.15) is 0 Å². The maximum Gasteiger partial charge on any atom is 0.247 e. The second kappa shape index (κ2) is 6.34. The summed E-state index contributed by atoms with van der Waals surface area (Å²) < 4.78 is 5.27. The molecule has 0 aromatic heterocycles. The molecule has 2 heterocycles. The first kappa shape index (κ1) is 14.3. The molecular weight excluding hydrogens is 246 g/mol. The van der Waals surface area contributed by atoms with Crippen molar-refractivity contribution in [1.82, 2.24) is 9.80 Å². The third kappa shape index (κ3) is 3.91. The van der Waals surface area contributed by atoms with E-state index in [9.17, 15) is 9.59 Å². The zero-order chi connectivity index (χ0) is 13.8. The second-order valence-electron chi connectivity index (χ2n) is 5.58. The van der Waals surface area contributed by atoms with Crippen LogP contribution in [0.3, 0.4) is 0 Å². The van der Waals surface area contributed by atoms with Gasteiger partial charge in [-0.05, 0) is 18.8 Å². The maximum absolute atomic E-state index is 12.2. The van der Waals surface area contributed by atoms with Crippen molar-refractivity contribution in [2.24, 2.45) is 11.7 Å². The Balaban J connectivity index is 1.82. The molecule has 2 aliphatic heterocycles. The minimum absolute atomic E-state index is 0.150. The van der Waals surface area contributed by atoms with E-state index in [0.717, 1.165) is 19.5 Å². The number of nitrogens with zero attached hydrogens (tertiary/aromatic N) is 2. The predicted molar refractivity (Wildman–Crippen MR) is 70.4 cm³/mol. The number of carbonyl (C=O) groups is 2. The SMILES string of the molecule is CC1CCCN(C(=O)CN2CCOC(C(N)=O)C2)C1. The Morgan fingerprint density at radius 2 is 2.11 bits per heavy atom. The third-order valence-corrected chi connectivity index (χ3v) is 3.84. The van der Waals surface area contributed by atoms with E-state index in [0.29, 0.717) is 32.2 Å². The van der Waals surface area contributed by atoms with Gasteiger partial charge >= 0.3 is 0 Å². The first-order valence-corrected chi connectivity index (χ1v) is 6.97. The Labute approximate surface area is 113 Å². The standard InChI is InChI=1S/C13H23N3O3/c1-10-3-2-4-16(7-10)12(17)9-15-5-6-19-11(8-15)13(14)18/h10-11H,2-9H2,1H3,(H2,14,18). The van der Waals surface area contributed by atoms with Gasteiger partial charge in [0.15, 0.2) is 0 Å². The fourth-order valence-electron chi connectivity index (χ4n) is 2.73. The molecular formula is C13H23N3O3. The molecule has 2 unspecified atom stereocenters. The fraction of sp³-hybridized carbons (Fsp3) is 0.846. The maximum atomic E-state index is 12.2. The summed E-state index contributed by atoms with van der Waals surface area (Å²) >= 11 is 0. The predicted octanol–water partition coefficient (Wildman–Crippen LogP) is -0.569. The molecule has 0 bridgehead atoms.